The van der Waals surface area contributed by atoms with Crippen LogP contribution in [-0.4, -0.2) is 80.4 Å². The molecular weight excluding hydrogens is 483 g/mol. The first-order valence-corrected chi connectivity index (χ1v) is 13.3. The zero-order valence-corrected chi connectivity index (χ0v) is 22.0. The van der Waals surface area contributed by atoms with Gasteiger partial charge in [0.15, 0.2) is 0 Å². The van der Waals surface area contributed by atoms with Crippen molar-refractivity contribution in [1.29, 1.82) is 0 Å². The fraction of sp³-hybridized carbons (Fsp3) is 0.464. The van der Waals surface area contributed by atoms with Crippen molar-refractivity contribution >= 4 is 11.0 Å². The Kier molecular flexibility index (Phi) is 6.63. The summed E-state index contributed by atoms with van der Waals surface area (Å²) in [5, 5.41) is 5.70. The van der Waals surface area contributed by atoms with E-state index in [0.29, 0.717) is 24.9 Å². The van der Waals surface area contributed by atoms with Crippen molar-refractivity contribution in [2.75, 3.05) is 33.7 Å². The Morgan fingerprint density at radius 3 is 2.76 bits per heavy atom. The lowest BCUT2D eigenvalue weighted by atomic mass is 9.71. The largest absolute Gasteiger partial charge is 0.490 e. The molecule has 2 fully saturated rings. The van der Waals surface area contributed by atoms with Crippen molar-refractivity contribution in [3.05, 3.63) is 60.6 Å². The molecule has 4 aromatic rings. The van der Waals surface area contributed by atoms with Crippen LogP contribution in [0.2, 0.25) is 0 Å². The van der Waals surface area contributed by atoms with Crippen molar-refractivity contribution in [2.45, 2.75) is 49.9 Å². The van der Waals surface area contributed by atoms with Crippen LogP contribution in [0.4, 0.5) is 4.39 Å². The number of H-pyrrole nitrogens is 1. The normalized spacial score (nSPS) is 22.7. The lowest BCUT2D eigenvalue weighted by molar-refractivity contribution is -0.0185. The van der Waals surface area contributed by atoms with Crippen LogP contribution >= 0.6 is 0 Å². The average Bonchev–Trinajstić information content (AvgIpc) is 3.54. The standard InChI is InChI=1S/C28H35FN8O/c1-35(2)15-19-9-21(29)11-24(10-19)38-23-4-7-36(8-5-23)22-12-28(13-22,17-30)37-16-20(14-34-37)26-25-3-6-31-27(25)33-18-32-26/h3,6,9-11,14,16,18,22-23H,4-5,7-8,12-13,15,17,30H2,1-2H3,(H,31,32,33). The van der Waals surface area contributed by atoms with Crippen molar-refractivity contribution in [3.63, 3.8) is 0 Å². The van der Waals surface area contributed by atoms with E-state index in [1.54, 1.807) is 12.4 Å². The van der Waals surface area contributed by atoms with Crippen LogP contribution in [0, 0.1) is 5.82 Å². The minimum Gasteiger partial charge on any atom is -0.490 e. The summed E-state index contributed by atoms with van der Waals surface area (Å²) in [6.07, 6.45) is 11.3. The molecule has 1 aliphatic carbocycles. The summed E-state index contributed by atoms with van der Waals surface area (Å²) >= 11 is 0. The van der Waals surface area contributed by atoms with Crippen LogP contribution in [0.3, 0.4) is 0 Å². The first-order chi connectivity index (χ1) is 18.4. The Morgan fingerprint density at radius 2 is 2.00 bits per heavy atom. The summed E-state index contributed by atoms with van der Waals surface area (Å²) < 4.78 is 22.4. The second-order valence-corrected chi connectivity index (χ2v) is 11.0. The van der Waals surface area contributed by atoms with Gasteiger partial charge in [0.05, 0.1) is 17.4 Å². The van der Waals surface area contributed by atoms with Crippen LogP contribution in [0.15, 0.2) is 49.2 Å². The predicted molar refractivity (Wildman–Crippen MR) is 144 cm³/mol. The summed E-state index contributed by atoms with van der Waals surface area (Å²) in [5.74, 6) is 0.379. The molecule has 1 saturated heterocycles. The number of halogens is 1. The van der Waals surface area contributed by atoms with E-state index < -0.39 is 0 Å². The van der Waals surface area contributed by atoms with E-state index in [4.69, 9.17) is 15.6 Å². The molecule has 1 aromatic carbocycles. The third-order valence-corrected chi connectivity index (χ3v) is 8.03. The van der Waals surface area contributed by atoms with Crippen molar-refractivity contribution in [3.8, 4) is 17.0 Å². The lowest BCUT2D eigenvalue weighted by Gasteiger charge is -2.52. The van der Waals surface area contributed by atoms with E-state index in [2.05, 4.69) is 26.0 Å². The van der Waals surface area contributed by atoms with Gasteiger partial charge >= 0.3 is 0 Å². The number of hydrogen-bond acceptors (Lipinski definition) is 7. The summed E-state index contributed by atoms with van der Waals surface area (Å²) in [6, 6.07) is 7.49. The highest BCUT2D eigenvalue weighted by Gasteiger charge is 2.48. The van der Waals surface area contributed by atoms with Crippen molar-refractivity contribution in [2.24, 2.45) is 5.73 Å². The number of nitrogens with one attached hydrogen (secondary N) is 1. The number of rotatable bonds is 8. The Morgan fingerprint density at radius 1 is 1.18 bits per heavy atom. The maximum Gasteiger partial charge on any atom is 0.141 e. The zero-order valence-electron chi connectivity index (χ0n) is 22.0. The minimum absolute atomic E-state index is 0.103. The van der Waals surface area contributed by atoms with E-state index in [1.807, 2.05) is 48.2 Å². The van der Waals surface area contributed by atoms with Gasteiger partial charge in [-0.05, 0) is 63.5 Å². The molecule has 0 atom stereocenters. The van der Waals surface area contributed by atoms with Crippen molar-refractivity contribution in [1.82, 2.24) is 34.5 Å². The Hall–Kier alpha value is -3.34. The van der Waals surface area contributed by atoms with E-state index in [-0.39, 0.29) is 17.5 Å². The predicted octanol–water partition coefficient (Wildman–Crippen LogP) is 3.38. The second-order valence-electron chi connectivity index (χ2n) is 11.0. The van der Waals surface area contributed by atoms with Gasteiger partial charge in [0.2, 0.25) is 0 Å². The topological polar surface area (TPSA) is 101 Å². The third kappa shape index (κ3) is 4.79. The van der Waals surface area contributed by atoms with E-state index in [1.165, 1.54) is 6.07 Å². The molecule has 38 heavy (non-hydrogen) atoms. The van der Waals surface area contributed by atoms with Gasteiger partial charge in [0, 0.05) is 61.6 Å². The quantitative estimate of drug-likeness (QED) is 0.369. The first kappa shape index (κ1) is 25.0. The number of aromatic nitrogens is 5. The maximum atomic E-state index is 14.1. The molecule has 9 nitrogen and oxygen atoms in total. The highest BCUT2D eigenvalue weighted by molar-refractivity contribution is 5.89. The van der Waals surface area contributed by atoms with Gasteiger partial charge in [-0.1, -0.05) is 0 Å². The minimum atomic E-state index is -0.247. The molecule has 3 N–H and O–H groups in total. The van der Waals surface area contributed by atoms with Crippen molar-refractivity contribution < 1.29 is 9.13 Å². The molecule has 1 aliphatic heterocycles. The molecule has 200 valence electrons. The molecule has 0 spiro atoms. The molecule has 0 bridgehead atoms. The number of fused-ring (bicyclic) bond motifs is 1. The summed E-state index contributed by atoms with van der Waals surface area (Å²) in [4.78, 5) is 16.5. The van der Waals surface area contributed by atoms with E-state index in [9.17, 15) is 4.39 Å². The number of aromatic amines is 1. The van der Waals surface area contributed by atoms with Crippen LogP contribution in [0.1, 0.15) is 31.2 Å². The van der Waals surface area contributed by atoms with E-state index >= 15 is 0 Å². The Balaban J connectivity index is 1.06. The molecule has 0 radical (unpaired) electrons. The average molecular weight is 519 g/mol. The number of nitrogens with zero attached hydrogens (tertiary/aromatic N) is 6. The van der Waals surface area contributed by atoms with Crippen LogP contribution in [0.25, 0.3) is 22.3 Å². The van der Waals surface area contributed by atoms with Gasteiger partial charge in [0.25, 0.3) is 0 Å². The second kappa shape index (κ2) is 10.1. The summed E-state index contributed by atoms with van der Waals surface area (Å²) in [7, 11) is 3.95. The van der Waals surface area contributed by atoms with Gasteiger partial charge < -0.3 is 20.4 Å². The molecule has 0 unspecified atom stereocenters. The lowest BCUT2D eigenvalue weighted by Crippen LogP contribution is -2.61. The molecule has 0 amide bonds. The monoisotopic (exact) mass is 518 g/mol. The van der Waals surface area contributed by atoms with Gasteiger partial charge in [-0.3, -0.25) is 9.58 Å². The highest BCUT2D eigenvalue weighted by Crippen LogP contribution is 2.43. The van der Waals surface area contributed by atoms with Gasteiger partial charge in [-0.25, -0.2) is 14.4 Å². The zero-order chi connectivity index (χ0) is 26.3. The van der Waals surface area contributed by atoms with E-state index in [0.717, 1.165) is 66.6 Å². The fourth-order valence-electron chi connectivity index (χ4n) is 6.03. The number of nitrogens with two attached hydrogens (primary N) is 1. The number of hydrogen-bond donors (Lipinski definition) is 2. The smallest absolute Gasteiger partial charge is 0.141 e. The molecule has 2 aliphatic rings. The van der Waals surface area contributed by atoms with Gasteiger partial charge in [-0.15, -0.1) is 0 Å². The molecule has 10 heteroatoms. The SMILES string of the molecule is CN(C)Cc1cc(F)cc(OC2CCN(C3CC(CN)(n4cc(-c5ncnc6[nH]ccc56)cn4)C3)CC2)c1. The summed E-state index contributed by atoms with van der Waals surface area (Å²) in [6.45, 7) is 3.16. The Bertz CT molecular complexity index is 1400. The molecule has 1 saturated carbocycles. The van der Waals surface area contributed by atoms with Gasteiger partial charge in [0.1, 0.15) is 29.6 Å². The Labute approximate surface area is 221 Å². The molecule has 4 heterocycles. The molecule has 6 rings (SSSR count). The van der Waals surface area contributed by atoms with Crippen LogP contribution in [-0.2, 0) is 12.1 Å². The summed E-state index contributed by atoms with van der Waals surface area (Å²) in [5.41, 5.74) is 9.73. The van der Waals surface area contributed by atoms with Crippen LogP contribution in [0.5, 0.6) is 5.75 Å². The number of likely N-dealkylation sites (tertiary alicyclic amines) is 1. The molecule has 3 aromatic heterocycles. The first-order valence-electron chi connectivity index (χ1n) is 13.3. The number of piperidine rings is 1. The maximum absolute atomic E-state index is 14.1. The van der Waals surface area contributed by atoms with Crippen LogP contribution < -0.4 is 10.5 Å². The number of ether oxygens (including phenoxy) is 1. The molecular formula is C28H35FN8O. The highest BCUT2D eigenvalue weighted by atomic mass is 19.1. The fourth-order valence-corrected chi connectivity index (χ4v) is 6.03. The number of benzene rings is 1. The third-order valence-electron chi connectivity index (χ3n) is 8.03. The van der Waals surface area contributed by atoms with Gasteiger partial charge in [-0.2, -0.15) is 5.10 Å².